The van der Waals surface area contributed by atoms with Crippen LogP contribution in [0.2, 0.25) is 0 Å². The Labute approximate surface area is 102 Å². The number of amides is 1. The minimum Gasteiger partial charge on any atom is -0.397 e. The average Bonchev–Trinajstić information content (AvgIpc) is 2.20. The molecule has 1 aromatic rings. The summed E-state index contributed by atoms with van der Waals surface area (Å²) >= 11 is 3.04. The number of benzene rings is 1. The molecule has 16 heavy (non-hydrogen) atoms. The van der Waals surface area contributed by atoms with Crippen LogP contribution < -0.4 is 16.4 Å². The summed E-state index contributed by atoms with van der Waals surface area (Å²) in [5.41, 5.74) is 11.7. The van der Waals surface area contributed by atoms with E-state index >= 15 is 0 Å². The molecular weight excluding hydrogens is 277 g/mol. The molecule has 4 N–H and O–H groups in total. The van der Waals surface area contributed by atoms with E-state index in [0.29, 0.717) is 22.4 Å². The summed E-state index contributed by atoms with van der Waals surface area (Å²) in [6.07, 6.45) is 0. The van der Waals surface area contributed by atoms with Crippen LogP contribution in [-0.4, -0.2) is 19.0 Å². The Kier molecular flexibility index (Phi) is 4.12. The third kappa shape index (κ3) is 2.85. The summed E-state index contributed by atoms with van der Waals surface area (Å²) in [4.78, 5) is 12.5. The molecule has 6 heteroatoms. The highest BCUT2D eigenvalue weighted by molar-refractivity contribution is 9.10. The van der Waals surface area contributed by atoms with Crippen molar-refractivity contribution in [2.45, 2.75) is 6.92 Å². The Morgan fingerprint density at radius 2 is 2.19 bits per heavy atom. The van der Waals surface area contributed by atoms with E-state index in [9.17, 15) is 9.18 Å². The topological polar surface area (TPSA) is 72.3 Å². The fraction of sp³-hybridized carbons (Fsp3) is 0.300. The first kappa shape index (κ1) is 12.8. The van der Waals surface area contributed by atoms with E-state index in [1.165, 1.54) is 12.1 Å². The molecule has 1 amide bonds. The van der Waals surface area contributed by atoms with E-state index in [2.05, 4.69) is 15.9 Å². The van der Waals surface area contributed by atoms with Gasteiger partial charge in [-0.2, -0.15) is 0 Å². The maximum Gasteiger partial charge on any atom is 0.236 e. The highest BCUT2D eigenvalue weighted by Gasteiger charge is 2.13. The summed E-state index contributed by atoms with van der Waals surface area (Å²) in [6, 6.07) is 2.75. The Hall–Kier alpha value is -1.30. The summed E-state index contributed by atoms with van der Waals surface area (Å²) in [5, 5.41) is 0. The van der Waals surface area contributed by atoms with Crippen LogP contribution in [-0.2, 0) is 4.79 Å². The Morgan fingerprint density at radius 3 is 2.69 bits per heavy atom. The number of primary amides is 1. The number of nitrogens with zero attached hydrogens (tertiary/aromatic N) is 1. The first-order chi connectivity index (χ1) is 7.45. The maximum absolute atomic E-state index is 13.3. The van der Waals surface area contributed by atoms with Crippen molar-refractivity contribution in [3.05, 3.63) is 22.4 Å². The first-order valence-corrected chi connectivity index (χ1v) is 5.52. The minimum absolute atomic E-state index is 0.0156. The fourth-order valence-corrected chi connectivity index (χ4v) is 1.74. The third-order valence-corrected chi connectivity index (χ3v) is 2.75. The lowest BCUT2D eigenvalue weighted by molar-refractivity contribution is -0.116. The van der Waals surface area contributed by atoms with E-state index in [1.807, 2.05) is 6.92 Å². The van der Waals surface area contributed by atoms with Crippen molar-refractivity contribution in [3.8, 4) is 0 Å². The molecule has 0 saturated heterocycles. The number of carbonyl (C=O) groups is 1. The molecule has 88 valence electrons. The van der Waals surface area contributed by atoms with Crippen molar-refractivity contribution < 1.29 is 9.18 Å². The molecular formula is C10H13BrFN3O. The molecule has 0 atom stereocenters. The molecule has 0 radical (unpaired) electrons. The molecule has 0 saturated carbocycles. The van der Waals surface area contributed by atoms with Crippen LogP contribution in [0.4, 0.5) is 15.8 Å². The van der Waals surface area contributed by atoms with Gasteiger partial charge in [-0.05, 0) is 28.9 Å². The number of nitrogen functional groups attached to an aromatic ring is 1. The Morgan fingerprint density at radius 1 is 1.56 bits per heavy atom. The average molecular weight is 290 g/mol. The standard InChI is InChI=1S/C10H13BrFN3O/c1-2-15(5-10(14)16)9-4-7(12)6(11)3-8(9)13/h3-4H,2,5,13H2,1H3,(H2,14,16). The van der Waals surface area contributed by atoms with Gasteiger partial charge in [-0.15, -0.1) is 0 Å². The van der Waals surface area contributed by atoms with Gasteiger partial charge in [-0.25, -0.2) is 4.39 Å². The summed E-state index contributed by atoms with van der Waals surface area (Å²) in [6.45, 7) is 2.37. The molecule has 1 rings (SSSR count). The van der Waals surface area contributed by atoms with Crippen molar-refractivity contribution in [3.63, 3.8) is 0 Å². The number of hydrogen-bond acceptors (Lipinski definition) is 3. The number of hydrogen-bond donors (Lipinski definition) is 2. The van der Waals surface area contributed by atoms with E-state index in [-0.39, 0.29) is 6.54 Å². The van der Waals surface area contributed by atoms with Gasteiger partial charge in [-0.3, -0.25) is 4.79 Å². The van der Waals surface area contributed by atoms with Gasteiger partial charge in [0.05, 0.1) is 22.4 Å². The van der Waals surface area contributed by atoms with Crippen LogP contribution in [0.25, 0.3) is 0 Å². The van der Waals surface area contributed by atoms with Gasteiger partial charge in [0.15, 0.2) is 0 Å². The molecule has 0 heterocycles. The van der Waals surface area contributed by atoms with Crippen LogP contribution in [0.1, 0.15) is 6.92 Å². The zero-order chi connectivity index (χ0) is 12.3. The molecule has 0 fully saturated rings. The minimum atomic E-state index is -0.482. The van der Waals surface area contributed by atoms with Gasteiger partial charge < -0.3 is 16.4 Å². The first-order valence-electron chi connectivity index (χ1n) is 4.73. The molecule has 0 unspecified atom stereocenters. The predicted molar refractivity (Wildman–Crippen MR) is 65.6 cm³/mol. The van der Waals surface area contributed by atoms with Crippen LogP contribution in [0, 0.1) is 5.82 Å². The largest absolute Gasteiger partial charge is 0.397 e. The third-order valence-electron chi connectivity index (χ3n) is 2.14. The predicted octanol–water partition coefficient (Wildman–Crippen LogP) is 1.48. The summed E-state index contributed by atoms with van der Waals surface area (Å²) in [5.74, 6) is -0.906. The van der Waals surface area contributed by atoms with Gasteiger partial charge in [0.25, 0.3) is 0 Å². The Balaban J connectivity index is 3.09. The summed E-state index contributed by atoms with van der Waals surface area (Å²) in [7, 11) is 0. The lowest BCUT2D eigenvalue weighted by atomic mass is 10.2. The highest BCUT2D eigenvalue weighted by atomic mass is 79.9. The Bertz CT molecular complexity index is 411. The van der Waals surface area contributed by atoms with E-state index in [0.717, 1.165) is 0 Å². The molecule has 0 aliphatic carbocycles. The lowest BCUT2D eigenvalue weighted by Gasteiger charge is -2.23. The van der Waals surface area contributed by atoms with E-state index in [1.54, 1.807) is 4.90 Å². The molecule has 0 aliphatic heterocycles. The van der Waals surface area contributed by atoms with Crippen LogP contribution >= 0.6 is 15.9 Å². The van der Waals surface area contributed by atoms with Crippen LogP contribution in [0.15, 0.2) is 16.6 Å². The van der Waals surface area contributed by atoms with Gasteiger partial charge in [-0.1, -0.05) is 0 Å². The van der Waals surface area contributed by atoms with Gasteiger partial charge in [0, 0.05) is 12.6 Å². The monoisotopic (exact) mass is 289 g/mol. The number of likely N-dealkylation sites (N-methyl/N-ethyl adjacent to an activating group) is 1. The van der Waals surface area contributed by atoms with Gasteiger partial charge >= 0.3 is 0 Å². The zero-order valence-corrected chi connectivity index (χ0v) is 10.4. The number of anilines is 2. The second-order valence-corrected chi connectivity index (χ2v) is 4.16. The number of nitrogens with two attached hydrogens (primary N) is 2. The number of halogens is 2. The quantitative estimate of drug-likeness (QED) is 0.825. The normalized spacial score (nSPS) is 10.2. The molecule has 4 nitrogen and oxygen atoms in total. The van der Waals surface area contributed by atoms with Gasteiger partial charge in [0.1, 0.15) is 5.82 Å². The van der Waals surface area contributed by atoms with E-state index in [4.69, 9.17) is 11.5 Å². The molecule has 1 aromatic carbocycles. The van der Waals surface area contributed by atoms with Crippen molar-refractivity contribution in [2.75, 3.05) is 23.7 Å². The summed E-state index contributed by atoms with van der Waals surface area (Å²) < 4.78 is 13.6. The van der Waals surface area contributed by atoms with Crippen molar-refractivity contribution in [2.24, 2.45) is 5.73 Å². The fourth-order valence-electron chi connectivity index (χ4n) is 1.38. The second-order valence-electron chi connectivity index (χ2n) is 3.31. The molecule has 0 spiro atoms. The zero-order valence-electron chi connectivity index (χ0n) is 8.84. The number of carbonyl (C=O) groups excluding carboxylic acids is 1. The molecule has 0 aliphatic rings. The van der Waals surface area contributed by atoms with Crippen LogP contribution in [0.5, 0.6) is 0 Å². The SMILES string of the molecule is CCN(CC(N)=O)c1cc(F)c(Br)cc1N. The van der Waals surface area contributed by atoms with Crippen molar-refractivity contribution in [1.82, 2.24) is 0 Å². The number of rotatable bonds is 4. The van der Waals surface area contributed by atoms with Crippen molar-refractivity contribution in [1.29, 1.82) is 0 Å². The van der Waals surface area contributed by atoms with Crippen LogP contribution in [0.3, 0.4) is 0 Å². The smallest absolute Gasteiger partial charge is 0.236 e. The van der Waals surface area contributed by atoms with Gasteiger partial charge in [0.2, 0.25) is 5.91 Å². The second kappa shape index (κ2) is 5.16. The highest BCUT2D eigenvalue weighted by Crippen LogP contribution is 2.29. The molecule has 0 aromatic heterocycles. The van der Waals surface area contributed by atoms with E-state index < -0.39 is 11.7 Å². The van der Waals surface area contributed by atoms with Crippen molar-refractivity contribution >= 4 is 33.2 Å². The molecule has 0 bridgehead atoms. The maximum atomic E-state index is 13.3. The lowest BCUT2D eigenvalue weighted by Crippen LogP contribution is -2.34.